The van der Waals surface area contributed by atoms with Crippen molar-refractivity contribution in [3.05, 3.63) is 12.7 Å². The smallest absolute Gasteiger partial charge is 0.330 e. The predicted molar refractivity (Wildman–Crippen MR) is 170 cm³/mol. The van der Waals surface area contributed by atoms with Gasteiger partial charge < -0.3 is 4.74 Å². The Balaban J connectivity index is 4.85. The van der Waals surface area contributed by atoms with Crippen molar-refractivity contribution >= 4 is 5.97 Å². The summed E-state index contributed by atoms with van der Waals surface area (Å²) < 4.78 is 5.39. The van der Waals surface area contributed by atoms with E-state index in [0.29, 0.717) is 12.0 Å². The summed E-state index contributed by atoms with van der Waals surface area (Å²) >= 11 is 0. The van der Waals surface area contributed by atoms with Gasteiger partial charge in [0.25, 0.3) is 0 Å². The summed E-state index contributed by atoms with van der Waals surface area (Å²) in [6.07, 6.45) is 39.7. The third-order valence-electron chi connectivity index (χ3n) is 8.69. The zero-order valence-corrected chi connectivity index (χ0v) is 26.6. The summed E-state index contributed by atoms with van der Waals surface area (Å²) in [7, 11) is 0. The van der Waals surface area contributed by atoms with Crippen molar-refractivity contribution in [2.24, 2.45) is 5.41 Å². The third kappa shape index (κ3) is 24.3. The molecule has 0 aromatic carbocycles. The van der Waals surface area contributed by atoms with Crippen LogP contribution >= 0.6 is 0 Å². The van der Waals surface area contributed by atoms with Gasteiger partial charge in [-0.05, 0) is 37.5 Å². The molecule has 0 unspecified atom stereocenters. The van der Waals surface area contributed by atoms with Crippen LogP contribution in [0.5, 0.6) is 0 Å². The Morgan fingerprint density at radius 1 is 0.500 bits per heavy atom. The van der Waals surface area contributed by atoms with Crippen molar-refractivity contribution in [2.75, 3.05) is 6.61 Å². The van der Waals surface area contributed by atoms with Crippen LogP contribution in [0.2, 0.25) is 0 Å². The van der Waals surface area contributed by atoms with Crippen molar-refractivity contribution in [1.82, 2.24) is 0 Å². The zero-order valence-electron chi connectivity index (χ0n) is 26.6. The van der Waals surface area contributed by atoms with E-state index in [1.54, 1.807) is 0 Å². The van der Waals surface area contributed by atoms with Gasteiger partial charge in [0.05, 0.1) is 6.61 Å². The minimum Gasteiger partial charge on any atom is -0.463 e. The average Bonchev–Trinajstić information content (AvgIpc) is 2.93. The van der Waals surface area contributed by atoms with Crippen molar-refractivity contribution in [2.45, 2.75) is 201 Å². The Bertz CT molecular complexity index is 478. The van der Waals surface area contributed by atoms with Gasteiger partial charge in [0.15, 0.2) is 0 Å². The monoisotopic (exact) mass is 535 g/mol. The topological polar surface area (TPSA) is 26.3 Å². The molecule has 0 aliphatic rings. The minimum atomic E-state index is -0.270. The molecule has 0 amide bonds. The van der Waals surface area contributed by atoms with Crippen LogP contribution in [-0.2, 0) is 9.53 Å². The first kappa shape index (κ1) is 37.2. The van der Waals surface area contributed by atoms with Crippen LogP contribution in [-0.4, -0.2) is 12.6 Å². The van der Waals surface area contributed by atoms with Gasteiger partial charge in [-0.15, -0.1) is 0 Å². The van der Waals surface area contributed by atoms with Crippen molar-refractivity contribution in [3.8, 4) is 0 Å². The molecule has 0 saturated carbocycles. The fourth-order valence-electron chi connectivity index (χ4n) is 6.15. The summed E-state index contributed by atoms with van der Waals surface area (Å²) in [6, 6.07) is 0. The highest BCUT2D eigenvalue weighted by molar-refractivity contribution is 5.81. The van der Waals surface area contributed by atoms with Crippen LogP contribution in [0.4, 0.5) is 0 Å². The second kappa shape index (κ2) is 29.2. The Morgan fingerprint density at radius 3 is 1.11 bits per heavy atom. The molecule has 2 heteroatoms. The summed E-state index contributed by atoms with van der Waals surface area (Å²) in [6.45, 7) is 11.0. The van der Waals surface area contributed by atoms with Gasteiger partial charge in [0, 0.05) is 6.08 Å². The lowest BCUT2D eigenvalue weighted by molar-refractivity contribution is -0.138. The quantitative estimate of drug-likeness (QED) is 0.0502. The number of carbonyl (C=O) groups excluding carboxylic acids is 1. The molecule has 0 rings (SSSR count). The van der Waals surface area contributed by atoms with Crippen LogP contribution in [0.15, 0.2) is 12.7 Å². The molecule has 0 aliphatic carbocycles. The lowest BCUT2D eigenvalue weighted by atomic mass is 9.71. The van der Waals surface area contributed by atoms with E-state index in [0.717, 1.165) is 6.42 Å². The molecule has 0 N–H and O–H groups in total. The van der Waals surface area contributed by atoms with E-state index < -0.39 is 0 Å². The first-order valence-corrected chi connectivity index (χ1v) is 17.4. The van der Waals surface area contributed by atoms with Crippen molar-refractivity contribution in [3.63, 3.8) is 0 Å². The van der Waals surface area contributed by atoms with E-state index in [2.05, 4.69) is 27.4 Å². The van der Waals surface area contributed by atoms with E-state index in [9.17, 15) is 4.79 Å². The van der Waals surface area contributed by atoms with Gasteiger partial charge in [-0.25, -0.2) is 4.79 Å². The highest BCUT2D eigenvalue weighted by atomic mass is 16.5. The molecule has 0 aromatic heterocycles. The van der Waals surface area contributed by atoms with Gasteiger partial charge in [-0.1, -0.05) is 175 Å². The first-order valence-electron chi connectivity index (χ1n) is 17.4. The number of hydrogen-bond acceptors (Lipinski definition) is 2. The van der Waals surface area contributed by atoms with E-state index in [-0.39, 0.29) is 5.97 Å². The molecular formula is C36H70O2. The molecule has 0 atom stereocenters. The number of carbonyl (C=O) groups is 1. The second-order valence-corrected chi connectivity index (χ2v) is 12.3. The Hall–Kier alpha value is -0.790. The Labute approximate surface area is 240 Å². The van der Waals surface area contributed by atoms with Gasteiger partial charge >= 0.3 is 5.97 Å². The Morgan fingerprint density at radius 2 is 0.789 bits per heavy atom. The molecule has 0 aromatic rings. The first-order chi connectivity index (χ1) is 18.6. The summed E-state index contributed by atoms with van der Waals surface area (Å²) in [4.78, 5) is 11.6. The highest BCUT2D eigenvalue weighted by Crippen LogP contribution is 2.41. The van der Waals surface area contributed by atoms with Crippen LogP contribution in [0.1, 0.15) is 201 Å². The fourth-order valence-corrected chi connectivity index (χ4v) is 6.15. The third-order valence-corrected chi connectivity index (χ3v) is 8.69. The van der Waals surface area contributed by atoms with Crippen LogP contribution < -0.4 is 0 Å². The molecule has 0 saturated heterocycles. The molecule has 0 radical (unpaired) electrons. The normalized spacial score (nSPS) is 11.7. The number of esters is 1. The average molecular weight is 535 g/mol. The molecule has 0 bridgehead atoms. The highest BCUT2D eigenvalue weighted by Gasteiger charge is 2.28. The maximum absolute atomic E-state index is 11.6. The van der Waals surface area contributed by atoms with Gasteiger partial charge in [-0.3, -0.25) is 0 Å². The van der Waals surface area contributed by atoms with E-state index in [1.807, 2.05) is 0 Å². The summed E-state index contributed by atoms with van der Waals surface area (Å²) in [5.41, 5.74) is 0.453. The largest absolute Gasteiger partial charge is 0.463 e. The van der Waals surface area contributed by atoms with Gasteiger partial charge in [0.2, 0.25) is 0 Å². The van der Waals surface area contributed by atoms with Crippen LogP contribution in [0, 0.1) is 5.41 Å². The maximum atomic E-state index is 11.6. The molecule has 0 heterocycles. The van der Waals surface area contributed by atoms with E-state index >= 15 is 0 Å². The lowest BCUT2D eigenvalue weighted by Gasteiger charge is -2.35. The summed E-state index contributed by atoms with van der Waals surface area (Å²) in [5.74, 6) is -0.270. The predicted octanol–water partition coefficient (Wildman–Crippen LogP) is 12.7. The molecule has 226 valence electrons. The standard InChI is InChI=1S/C36H70O2/c1-5-9-12-15-18-21-24-27-31-36(33-29-34-38-35(37)8-4,30-26-23-20-17-14-11-7-3)32-28-25-22-19-16-13-10-6-2/h8H,4-7,9-34H2,1-3H3. The lowest BCUT2D eigenvalue weighted by Crippen LogP contribution is -2.22. The van der Waals surface area contributed by atoms with Crippen molar-refractivity contribution < 1.29 is 9.53 Å². The summed E-state index contributed by atoms with van der Waals surface area (Å²) in [5, 5.41) is 0. The molecule has 0 aliphatic heterocycles. The van der Waals surface area contributed by atoms with Crippen LogP contribution in [0.3, 0.4) is 0 Å². The number of ether oxygens (including phenoxy) is 1. The number of hydrogen-bond donors (Lipinski definition) is 0. The van der Waals surface area contributed by atoms with Crippen molar-refractivity contribution in [1.29, 1.82) is 0 Å². The molecule has 0 spiro atoms. The van der Waals surface area contributed by atoms with Gasteiger partial charge in [0.1, 0.15) is 0 Å². The number of rotatable bonds is 31. The molecule has 38 heavy (non-hydrogen) atoms. The van der Waals surface area contributed by atoms with Gasteiger partial charge in [-0.2, -0.15) is 0 Å². The minimum absolute atomic E-state index is 0.270. The maximum Gasteiger partial charge on any atom is 0.330 e. The molecule has 2 nitrogen and oxygen atoms in total. The van der Waals surface area contributed by atoms with E-state index in [4.69, 9.17) is 4.74 Å². The zero-order chi connectivity index (χ0) is 28.0. The van der Waals surface area contributed by atoms with Crippen LogP contribution in [0.25, 0.3) is 0 Å². The number of unbranched alkanes of at least 4 members (excludes halogenated alkanes) is 20. The fraction of sp³-hybridized carbons (Fsp3) is 0.917. The van der Waals surface area contributed by atoms with E-state index in [1.165, 1.54) is 179 Å². The SMILES string of the molecule is C=CC(=O)OCCCC(CCCCCCCCC)(CCCCCCCCCC)CCCCCCCCCC. The molecule has 0 fully saturated rings. The molecular weight excluding hydrogens is 464 g/mol. The second-order valence-electron chi connectivity index (χ2n) is 12.3. The Kier molecular flexibility index (Phi) is 28.6.